The maximum atomic E-state index is 4.57. The number of hydrogen-bond acceptors (Lipinski definition) is 3. The minimum absolute atomic E-state index is 0.565. The molecule has 0 bridgehead atoms. The second-order valence-electron chi connectivity index (χ2n) is 3.23. The largest absolute Gasteiger partial charge is 0.230 e. The molecule has 0 aliphatic heterocycles. The van der Waals surface area contributed by atoms with Crippen LogP contribution in [0, 0.1) is 6.92 Å². The van der Waals surface area contributed by atoms with Crippen LogP contribution < -0.4 is 0 Å². The van der Waals surface area contributed by atoms with Crippen molar-refractivity contribution in [1.29, 1.82) is 0 Å². The Balaban J connectivity index is 2.57. The van der Waals surface area contributed by atoms with Crippen molar-refractivity contribution in [3.63, 3.8) is 0 Å². The molecule has 2 rings (SSSR count). The maximum absolute atomic E-state index is 4.57. The molecule has 0 radical (unpaired) electrons. The van der Waals surface area contributed by atoms with Crippen LogP contribution in [0.4, 0.5) is 0 Å². The van der Waals surface area contributed by atoms with Crippen molar-refractivity contribution in [3.8, 4) is 0 Å². The van der Waals surface area contributed by atoms with E-state index in [9.17, 15) is 0 Å². The summed E-state index contributed by atoms with van der Waals surface area (Å²) in [6.07, 6.45) is 0. The third-order valence-corrected chi connectivity index (χ3v) is 4.10. The van der Waals surface area contributed by atoms with Gasteiger partial charge in [-0.1, -0.05) is 13.8 Å². The van der Waals surface area contributed by atoms with E-state index in [4.69, 9.17) is 0 Å². The molecular weight excluding hydrogens is 186 g/mol. The number of aromatic nitrogens is 1. The lowest BCUT2D eigenvalue weighted by Crippen LogP contribution is -1.82. The highest BCUT2D eigenvalue weighted by Crippen LogP contribution is 2.32. The van der Waals surface area contributed by atoms with E-state index >= 15 is 0 Å². The lowest BCUT2D eigenvalue weighted by molar-refractivity contribution is 0.857. The van der Waals surface area contributed by atoms with Crippen LogP contribution in [0.25, 0.3) is 9.53 Å². The fourth-order valence-electron chi connectivity index (χ4n) is 1.11. The molecule has 0 spiro atoms. The monoisotopic (exact) mass is 197 g/mol. The number of nitrogens with zero attached hydrogens (tertiary/aromatic N) is 1. The SMILES string of the molecule is Cc1cc2sc(C(C)C)nc2s1. The molecule has 0 saturated carbocycles. The summed E-state index contributed by atoms with van der Waals surface area (Å²) in [6.45, 7) is 6.51. The first kappa shape index (κ1) is 8.20. The minimum Gasteiger partial charge on any atom is -0.230 e. The van der Waals surface area contributed by atoms with Crippen LogP contribution in [0.5, 0.6) is 0 Å². The Morgan fingerprint density at radius 1 is 1.33 bits per heavy atom. The molecule has 0 unspecified atom stereocenters. The summed E-state index contributed by atoms with van der Waals surface area (Å²) in [7, 11) is 0. The average Bonchev–Trinajstić information content (AvgIpc) is 2.42. The van der Waals surface area contributed by atoms with Crippen molar-refractivity contribution >= 4 is 32.2 Å². The van der Waals surface area contributed by atoms with Crippen LogP contribution in [0.3, 0.4) is 0 Å². The third-order valence-electron chi connectivity index (χ3n) is 1.72. The summed E-state index contributed by atoms with van der Waals surface area (Å²) < 4.78 is 1.35. The Morgan fingerprint density at radius 3 is 2.67 bits per heavy atom. The van der Waals surface area contributed by atoms with Crippen LogP contribution in [0.15, 0.2) is 6.07 Å². The molecule has 0 aromatic carbocycles. The molecule has 2 heterocycles. The Kier molecular flexibility index (Phi) is 1.93. The van der Waals surface area contributed by atoms with Gasteiger partial charge >= 0.3 is 0 Å². The first-order chi connectivity index (χ1) is 5.66. The Bertz CT molecular complexity index is 366. The smallest absolute Gasteiger partial charge is 0.134 e. The molecule has 3 heteroatoms. The molecule has 0 aliphatic rings. The zero-order chi connectivity index (χ0) is 8.72. The molecule has 0 N–H and O–H groups in total. The van der Waals surface area contributed by atoms with Crippen molar-refractivity contribution < 1.29 is 0 Å². The number of fused-ring (bicyclic) bond motifs is 1. The van der Waals surface area contributed by atoms with Crippen LogP contribution in [0.1, 0.15) is 29.7 Å². The third kappa shape index (κ3) is 1.27. The van der Waals surface area contributed by atoms with E-state index in [1.54, 1.807) is 11.3 Å². The minimum atomic E-state index is 0.565. The molecule has 2 aromatic rings. The zero-order valence-electron chi connectivity index (χ0n) is 7.42. The van der Waals surface area contributed by atoms with Crippen molar-refractivity contribution in [2.24, 2.45) is 0 Å². The molecular formula is C9H11NS2. The fourth-order valence-corrected chi connectivity index (χ4v) is 3.25. The van der Waals surface area contributed by atoms with Gasteiger partial charge in [-0.15, -0.1) is 22.7 Å². The van der Waals surface area contributed by atoms with E-state index in [0.29, 0.717) is 5.92 Å². The van der Waals surface area contributed by atoms with Gasteiger partial charge in [-0.3, -0.25) is 0 Å². The number of aryl methyl sites for hydroxylation is 1. The summed E-state index contributed by atoms with van der Waals surface area (Å²) in [4.78, 5) is 7.14. The van der Waals surface area contributed by atoms with Crippen molar-refractivity contribution in [1.82, 2.24) is 4.98 Å². The van der Waals surface area contributed by atoms with Gasteiger partial charge in [-0.05, 0) is 13.0 Å². The second-order valence-corrected chi connectivity index (χ2v) is 5.53. The normalized spacial score (nSPS) is 11.7. The van der Waals surface area contributed by atoms with E-state index in [1.165, 1.54) is 19.4 Å². The molecule has 0 saturated heterocycles. The molecule has 2 aromatic heterocycles. The van der Waals surface area contributed by atoms with Gasteiger partial charge in [0, 0.05) is 10.8 Å². The quantitative estimate of drug-likeness (QED) is 0.678. The molecule has 0 amide bonds. The molecule has 1 nitrogen and oxygen atoms in total. The predicted octanol–water partition coefficient (Wildman–Crippen LogP) is 3.79. The Labute approximate surface area is 80.1 Å². The molecule has 64 valence electrons. The highest BCUT2D eigenvalue weighted by Gasteiger charge is 2.08. The van der Waals surface area contributed by atoms with Gasteiger partial charge in [0.2, 0.25) is 0 Å². The van der Waals surface area contributed by atoms with Gasteiger partial charge in [-0.2, -0.15) is 0 Å². The number of rotatable bonds is 1. The molecule has 12 heavy (non-hydrogen) atoms. The lowest BCUT2D eigenvalue weighted by atomic mass is 10.2. The van der Waals surface area contributed by atoms with Crippen molar-refractivity contribution in [2.45, 2.75) is 26.7 Å². The highest BCUT2D eigenvalue weighted by atomic mass is 32.1. The van der Waals surface area contributed by atoms with E-state index in [1.807, 2.05) is 11.3 Å². The number of thiazole rings is 1. The van der Waals surface area contributed by atoms with Gasteiger partial charge < -0.3 is 0 Å². The van der Waals surface area contributed by atoms with Gasteiger partial charge in [0.05, 0.1) is 9.71 Å². The first-order valence-electron chi connectivity index (χ1n) is 4.03. The Morgan fingerprint density at radius 2 is 2.08 bits per heavy atom. The summed E-state index contributed by atoms with van der Waals surface area (Å²) in [5.74, 6) is 0.565. The van der Waals surface area contributed by atoms with Gasteiger partial charge in [0.1, 0.15) is 4.83 Å². The fraction of sp³-hybridized carbons (Fsp3) is 0.444. The number of hydrogen-bond donors (Lipinski definition) is 0. The standard InChI is InChI=1S/C9H11NS2/c1-5(2)8-10-9-7(12-8)4-6(3)11-9/h4-5H,1-3H3. The van der Waals surface area contributed by atoms with Crippen molar-refractivity contribution in [3.05, 3.63) is 16.0 Å². The van der Waals surface area contributed by atoms with E-state index in [-0.39, 0.29) is 0 Å². The molecule has 0 atom stereocenters. The topological polar surface area (TPSA) is 12.9 Å². The van der Waals surface area contributed by atoms with Crippen LogP contribution >= 0.6 is 22.7 Å². The molecule has 0 aliphatic carbocycles. The summed E-state index contributed by atoms with van der Waals surface area (Å²) in [6, 6.07) is 2.23. The van der Waals surface area contributed by atoms with E-state index in [2.05, 4.69) is 31.8 Å². The number of thiophene rings is 1. The van der Waals surface area contributed by atoms with Gasteiger partial charge in [0.25, 0.3) is 0 Å². The Hall–Kier alpha value is -0.410. The summed E-state index contributed by atoms with van der Waals surface area (Å²) in [5.41, 5.74) is 0. The lowest BCUT2D eigenvalue weighted by Gasteiger charge is -1.94. The van der Waals surface area contributed by atoms with Crippen LogP contribution in [-0.4, -0.2) is 4.98 Å². The van der Waals surface area contributed by atoms with E-state index < -0.39 is 0 Å². The summed E-state index contributed by atoms with van der Waals surface area (Å²) in [5, 5.41) is 1.26. The van der Waals surface area contributed by atoms with Crippen LogP contribution in [-0.2, 0) is 0 Å². The summed E-state index contributed by atoms with van der Waals surface area (Å²) >= 11 is 3.62. The van der Waals surface area contributed by atoms with E-state index in [0.717, 1.165) is 0 Å². The van der Waals surface area contributed by atoms with Gasteiger partial charge in [-0.25, -0.2) is 4.98 Å². The predicted molar refractivity (Wildman–Crippen MR) is 56.3 cm³/mol. The zero-order valence-corrected chi connectivity index (χ0v) is 9.05. The van der Waals surface area contributed by atoms with Crippen LogP contribution in [0.2, 0.25) is 0 Å². The van der Waals surface area contributed by atoms with Crippen molar-refractivity contribution in [2.75, 3.05) is 0 Å². The van der Waals surface area contributed by atoms with Gasteiger partial charge in [0.15, 0.2) is 0 Å². The second kappa shape index (κ2) is 2.82. The maximum Gasteiger partial charge on any atom is 0.134 e. The highest BCUT2D eigenvalue weighted by molar-refractivity contribution is 7.27. The average molecular weight is 197 g/mol. The molecule has 0 fully saturated rings. The first-order valence-corrected chi connectivity index (χ1v) is 5.67.